The lowest BCUT2D eigenvalue weighted by molar-refractivity contribution is 0.305. The highest BCUT2D eigenvalue weighted by Gasteiger charge is 2.09. The summed E-state index contributed by atoms with van der Waals surface area (Å²) in [5.74, 6) is -0.0213. The van der Waals surface area contributed by atoms with Crippen molar-refractivity contribution in [1.29, 1.82) is 0 Å². The lowest BCUT2D eigenvalue weighted by Crippen LogP contribution is -2.05. The summed E-state index contributed by atoms with van der Waals surface area (Å²) in [5, 5.41) is 4.20. The van der Waals surface area contributed by atoms with Crippen molar-refractivity contribution in [1.82, 2.24) is 10.3 Å². The molecule has 0 saturated carbocycles. The predicted octanol–water partition coefficient (Wildman–Crippen LogP) is 3.19. The van der Waals surface area contributed by atoms with Gasteiger partial charge >= 0.3 is 0 Å². The van der Waals surface area contributed by atoms with Gasteiger partial charge in [-0.15, -0.1) is 11.3 Å². The number of hydrogen-bond acceptors (Lipinski definition) is 4. The minimum absolute atomic E-state index is 0.301. The zero-order valence-electron chi connectivity index (χ0n) is 11.8. The van der Waals surface area contributed by atoms with Crippen molar-refractivity contribution in [3.05, 3.63) is 45.7 Å². The Labute approximate surface area is 122 Å². The number of halogens is 1. The SMILES string of the molecule is CCc1nc(CCOc2ccccc2F)sc1CNC. The molecule has 0 aliphatic carbocycles. The number of ether oxygens (including phenoxy) is 1. The molecule has 2 rings (SSSR count). The van der Waals surface area contributed by atoms with Crippen molar-refractivity contribution in [3.8, 4) is 5.75 Å². The van der Waals surface area contributed by atoms with E-state index in [0.717, 1.165) is 23.7 Å². The first-order chi connectivity index (χ1) is 9.74. The van der Waals surface area contributed by atoms with Crippen molar-refractivity contribution in [2.45, 2.75) is 26.3 Å². The second kappa shape index (κ2) is 7.36. The molecule has 0 aliphatic rings. The average molecular weight is 294 g/mol. The maximum absolute atomic E-state index is 13.4. The largest absolute Gasteiger partial charge is 0.490 e. The molecule has 3 nitrogen and oxygen atoms in total. The van der Waals surface area contributed by atoms with Gasteiger partial charge in [-0.05, 0) is 25.6 Å². The molecule has 2 aromatic rings. The smallest absolute Gasteiger partial charge is 0.165 e. The fourth-order valence-electron chi connectivity index (χ4n) is 1.93. The van der Waals surface area contributed by atoms with Crippen molar-refractivity contribution >= 4 is 11.3 Å². The summed E-state index contributed by atoms with van der Waals surface area (Å²) in [6.45, 7) is 3.39. The van der Waals surface area contributed by atoms with E-state index in [0.29, 0.717) is 18.8 Å². The maximum Gasteiger partial charge on any atom is 0.165 e. The van der Waals surface area contributed by atoms with Gasteiger partial charge in [-0.25, -0.2) is 9.37 Å². The summed E-state index contributed by atoms with van der Waals surface area (Å²) >= 11 is 1.70. The van der Waals surface area contributed by atoms with Gasteiger partial charge in [0, 0.05) is 17.8 Å². The Morgan fingerprint density at radius 3 is 2.85 bits per heavy atom. The molecule has 20 heavy (non-hydrogen) atoms. The number of nitrogens with one attached hydrogen (secondary N) is 1. The highest BCUT2D eigenvalue weighted by atomic mass is 32.1. The fourth-order valence-corrected chi connectivity index (χ4v) is 3.08. The van der Waals surface area contributed by atoms with Crippen LogP contribution >= 0.6 is 11.3 Å². The third kappa shape index (κ3) is 3.77. The molecule has 5 heteroatoms. The molecule has 0 radical (unpaired) electrons. The minimum atomic E-state index is -0.322. The summed E-state index contributed by atoms with van der Waals surface area (Å²) in [6.07, 6.45) is 1.64. The van der Waals surface area contributed by atoms with E-state index in [9.17, 15) is 4.39 Å². The Balaban J connectivity index is 1.92. The number of thiazole rings is 1. The van der Waals surface area contributed by atoms with E-state index in [1.165, 1.54) is 10.9 Å². The van der Waals surface area contributed by atoms with Crippen LogP contribution in [-0.2, 0) is 19.4 Å². The fraction of sp³-hybridized carbons (Fsp3) is 0.400. The number of para-hydroxylation sites is 1. The molecular weight excluding hydrogens is 275 g/mol. The van der Waals surface area contributed by atoms with Crippen molar-refractivity contribution < 1.29 is 9.13 Å². The first-order valence-corrected chi connectivity index (χ1v) is 7.55. The molecule has 1 N–H and O–H groups in total. The van der Waals surface area contributed by atoms with Crippen LogP contribution in [0, 0.1) is 5.82 Å². The van der Waals surface area contributed by atoms with Gasteiger partial charge in [-0.3, -0.25) is 0 Å². The van der Waals surface area contributed by atoms with Gasteiger partial charge in [0.05, 0.1) is 17.3 Å². The molecule has 1 aromatic heterocycles. The first-order valence-electron chi connectivity index (χ1n) is 6.74. The quantitative estimate of drug-likeness (QED) is 0.851. The summed E-state index contributed by atoms with van der Waals surface area (Å²) < 4.78 is 18.9. The third-order valence-corrected chi connectivity index (χ3v) is 4.06. The van der Waals surface area contributed by atoms with E-state index in [4.69, 9.17) is 4.74 Å². The molecular formula is C15H19FN2OS. The standard InChI is InChI=1S/C15H19FN2OS/c1-3-12-14(10-17-2)20-15(18-12)8-9-19-13-7-5-4-6-11(13)16/h4-7,17H,3,8-10H2,1-2H3. The highest BCUT2D eigenvalue weighted by molar-refractivity contribution is 7.11. The van der Waals surface area contributed by atoms with E-state index < -0.39 is 0 Å². The van der Waals surface area contributed by atoms with Gasteiger partial charge < -0.3 is 10.1 Å². The highest BCUT2D eigenvalue weighted by Crippen LogP contribution is 2.20. The lowest BCUT2D eigenvalue weighted by Gasteiger charge is -2.05. The summed E-state index contributed by atoms with van der Waals surface area (Å²) in [5.41, 5.74) is 1.14. The molecule has 0 bridgehead atoms. The molecule has 0 atom stereocenters. The zero-order chi connectivity index (χ0) is 14.4. The normalized spacial score (nSPS) is 10.8. The number of rotatable bonds is 7. The van der Waals surface area contributed by atoms with Crippen LogP contribution in [0.25, 0.3) is 0 Å². The van der Waals surface area contributed by atoms with Crippen LogP contribution < -0.4 is 10.1 Å². The second-order valence-corrected chi connectivity index (χ2v) is 5.56. The molecule has 0 amide bonds. The van der Waals surface area contributed by atoms with Gasteiger partial charge in [0.1, 0.15) is 0 Å². The molecule has 0 spiro atoms. The zero-order valence-corrected chi connectivity index (χ0v) is 12.6. The summed E-state index contributed by atoms with van der Waals surface area (Å²) in [6, 6.07) is 6.46. The van der Waals surface area contributed by atoms with Crippen LogP contribution in [0.4, 0.5) is 4.39 Å². The summed E-state index contributed by atoms with van der Waals surface area (Å²) in [7, 11) is 1.93. The van der Waals surface area contributed by atoms with Gasteiger partial charge in [-0.1, -0.05) is 19.1 Å². The van der Waals surface area contributed by atoms with E-state index in [1.54, 1.807) is 29.5 Å². The predicted molar refractivity (Wildman–Crippen MR) is 79.9 cm³/mol. The number of nitrogens with zero attached hydrogens (tertiary/aromatic N) is 1. The minimum Gasteiger partial charge on any atom is -0.490 e. The molecule has 1 aromatic carbocycles. The van der Waals surface area contributed by atoms with Gasteiger partial charge in [-0.2, -0.15) is 0 Å². The molecule has 0 saturated heterocycles. The van der Waals surface area contributed by atoms with Crippen LogP contribution in [0.1, 0.15) is 22.5 Å². The Hall–Kier alpha value is -1.46. The monoisotopic (exact) mass is 294 g/mol. The lowest BCUT2D eigenvalue weighted by atomic mass is 10.3. The Bertz CT molecular complexity index is 557. The molecule has 0 fully saturated rings. The Morgan fingerprint density at radius 2 is 2.15 bits per heavy atom. The molecule has 0 unspecified atom stereocenters. The Morgan fingerprint density at radius 1 is 1.35 bits per heavy atom. The second-order valence-electron chi connectivity index (χ2n) is 4.39. The van der Waals surface area contributed by atoms with Crippen LogP contribution in [-0.4, -0.2) is 18.6 Å². The summed E-state index contributed by atoms with van der Waals surface area (Å²) in [4.78, 5) is 5.88. The van der Waals surface area contributed by atoms with E-state index in [2.05, 4.69) is 17.2 Å². The van der Waals surface area contributed by atoms with Crippen LogP contribution in [0.2, 0.25) is 0 Å². The third-order valence-electron chi connectivity index (χ3n) is 2.90. The molecule has 0 aliphatic heterocycles. The first kappa shape index (κ1) is 14.9. The van der Waals surface area contributed by atoms with E-state index in [1.807, 2.05) is 7.05 Å². The van der Waals surface area contributed by atoms with Gasteiger partial charge in [0.15, 0.2) is 11.6 Å². The van der Waals surface area contributed by atoms with Crippen molar-refractivity contribution in [3.63, 3.8) is 0 Å². The molecule has 1 heterocycles. The Kier molecular flexibility index (Phi) is 5.49. The average Bonchev–Trinajstić information content (AvgIpc) is 2.84. The van der Waals surface area contributed by atoms with Crippen LogP contribution in [0.3, 0.4) is 0 Å². The van der Waals surface area contributed by atoms with Crippen LogP contribution in [0.5, 0.6) is 5.75 Å². The van der Waals surface area contributed by atoms with E-state index >= 15 is 0 Å². The van der Waals surface area contributed by atoms with Crippen molar-refractivity contribution in [2.75, 3.05) is 13.7 Å². The van der Waals surface area contributed by atoms with Gasteiger partial charge in [0.2, 0.25) is 0 Å². The van der Waals surface area contributed by atoms with Crippen LogP contribution in [0.15, 0.2) is 24.3 Å². The van der Waals surface area contributed by atoms with Gasteiger partial charge in [0.25, 0.3) is 0 Å². The number of hydrogen-bond donors (Lipinski definition) is 1. The van der Waals surface area contributed by atoms with E-state index in [-0.39, 0.29) is 5.82 Å². The number of aromatic nitrogens is 1. The molecule has 108 valence electrons. The number of benzene rings is 1. The maximum atomic E-state index is 13.4. The number of aryl methyl sites for hydroxylation is 1. The topological polar surface area (TPSA) is 34.1 Å². The van der Waals surface area contributed by atoms with Crippen molar-refractivity contribution in [2.24, 2.45) is 0 Å².